The Balaban J connectivity index is 1.48. The van der Waals surface area contributed by atoms with Gasteiger partial charge >= 0.3 is 0 Å². The molecule has 2 bridgehead atoms. The fourth-order valence-corrected chi connectivity index (χ4v) is 6.72. The van der Waals surface area contributed by atoms with Gasteiger partial charge in [-0.25, -0.2) is 0 Å². The number of nitrogens with one attached hydrogen (secondary N) is 3. The van der Waals surface area contributed by atoms with Crippen molar-refractivity contribution in [2.75, 3.05) is 26.2 Å². The minimum Gasteiger partial charge on any atom is -0.388 e. The SMILES string of the molecule is CC(C)C[C@H]1NC(=O)[C@H]2CCCN2C(=O)[C@H](Cc2ccccc2)NC(=O)CN(Cc2ccccc2)C[C@H]2OCC[C@H](NC1=O)[C@@H]2O. The molecule has 0 spiro atoms. The average molecular weight is 634 g/mol. The maximum absolute atomic E-state index is 14.1. The topological polar surface area (TPSA) is 140 Å². The van der Waals surface area contributed by atoms with Crippen LogP contribution in [0.2, 0.25) is 0 Å². The number of hydrogen-bond donors (Lipinski definition) is 4. The monoisotopic (exact) mass is 633 g/mol. The molecule has 3 saturated heterocycles. The van der Waals surface area contributed by atoms with Crippen LogP contribution in [0.1, 0.15) is 50.7 Å². The number of benzene rings is 2. The molecule has 0 unspecified atom stereocenters. The summed E-state index contributed by atoms with van der Waals surface area (Å²) in [5, 5.41) is 20.3. The molecule has 4 amide bonds. The first-order chi connectivity index (χ1) is 22.2. The van der Waals surface area contributed by atoms with Crippen molar-refractivity contribution in [3.05, 3.63) is 71.8 Å². The third-order valence-electron chi connectivity index (χ3n) is 9.03. The number of carbonyl (C=O) groups is 4. The molecule has 2 aromatic rings. The number of carbonyl (C=O) groups excluding carboxylic acids is 4. The van der Waals surface area contributed by atoms with Gasteiger partial charge in [0, 0.05) is 32.7 Å². The van der Waals surface area contributed by atoms with Gasteiger partial charge < -0.3 is 30.7 Å². The number of ether oxygens (including phenoxy) is 1. The van der Waals surface area contributed by atoms with E-state index in [-0.39, 0.29) is 49.1 Å². The molecule has 0 aliphatic carbocycles. The maximum atomic E-state index is 14.1. The molecule has 11 heteroatoms. The number of nitrogens with zero attached hydrogens (tertiary/aromatic N) is 2. The van der Waals surface area contributed by atoms with Gasteiger partial charge in [-0.05, 0) is 42.7 Å². The zero-order chi connectivity index (χ0) is 32.6. The van der Waals surface area contributed by atoms with E-state index < -0.39 is 36.4 Å². The lowest BCUT2D eigenvalue weighted by Gasteiger charge is -2.38. The first-order valence-corrected chi connectivity index (χ1v) is 16.5. The van der Waals surface area contributed by atoms with Crippen molar-refractivity contribution < 1.29 is 29.0 Å². The Bertz CT molecular complexity index is 1340. The van der Waals surface area contributed by atoms with Crippen LogP contribution in [0.25, 0.3) is 0 Å². The van der Waals surface area contributed by atoms with Crippen LogP contribution in [0.4, 0.5) is 0 Å². The molecule has 0 aromatic heterocycles. The zero-order valence-corrected chi connectivity index (χ0v) is 26.8. The van der Waals surface area contributed by atoms with Crippen molar-refractivity contribution in [2.24, 2.45) is 5.92 Å². The second-order valence-corrected chi connectivity index (χ2v) is 13.1. The van der Waals surface area contributed by atoms with Gasteiger partial charge in [0.2, 0.25) is 23.6 Å². The second kappa shape index (κ2) is 15.7. The average Bonchev–Trinajstić information content (AvgIpc) is 3.53. The predicted octanol–water partition coefficient (Wildman–Crippen LogP) is 1.39. The molecule has 3 aliphatic heterocycles. The number of aliphatic hydroxyl groups excluding tert-OH is 1. The fourth-order valence-electron chi connectivity index (χ4n) is 6.72. The first kappa shape index (κ1) is 33.6. The second-order valence-electron chi connectivity index (χ2n) is 13.1. The van der Waals surface area contributed by atoms with Crippen molar-refractivity contribution in [2.45, 2.75) is 88.9 Å². The summed E-state index contributed by atoms with van der Waals surface area (Å²) >= 11 is 0. The summed E-state index contributed by atoms with van der Waals surface area (Å²) in [7, 11) is 0. The van der Waals surface area contributed by atoms with Crippen LogP contribution in [0.3, 0.4) is 0 Å². The van der Waals surface area contributed by atoms with Gasteiger partial charge in [0.15, 0.2) is 0 Å². The predicted molar refractivity (Wildman–Crippen MR) is 172 cm³/mol. The minimum absolute atomic E-state index is 0.0442. The molecule has 0 radical (unpaired) electrons. The minimum atomic E-state index is -1.03. The molecule has 6 atom stereocenters. The van der Waals surface area contributed by atoms with E-state index in [4.69, 9.17) is 4.74 Å². The summed E-state index contributed by atoms with van der Waals surface area (Å²) in [6.07, 6.45) is 0.483. The highest BCUT2D eigenvalue weighted by Crippen LogP contribution is 2.22. The Hall–Kier alpha value is -3.80. The first-order valence-electron chi connectivity index (χ1n) is 16.5. The van der Waals surface area contributed by atoms with E-state index in [0.717, 1.165) is 11.1 Å². The summed E-state index contributed by atoms with van der Waals surface area (Å²) in [6.45, 7) is 5.26. The van der Waals surface area contributed by atoms with Gasteiger partial charge in [0.05, 0.1) is 18.7 Å². The Labute approximate surface area is 271 Å². The van der Waals surface area contributed by atoms with Crippen molar-refractivity contribution in [1.29, 1.82) is 0 Å². The summed E-state index contributed by atoms with van der Waals surface area (Å²) in [5.41, 5.74) is 1.86. The van der Waals surface area contributed by atoms with E-state index in [1.54, 1.807) is 4.90 Å². The van der Waals surface area contributed by atoms with Crippen LogP contribution < -0.4 is 16.0 Å². The fraction of sp³-hybridized carbons (Fsp3) is 0.543. The Morgan fingerprint density at radius 1 is 0.870 bits per heavy atom. The lowest BCUT2D eigenvalue weighted by atomic mass is 9.97. The highest BCUT2D eigenvalue weighted by Gasteiger charge is 2.41. The van der Waals surface area contributed by atoms with Crippen LogP contribution in [0.15, 0.2) is 60.7 Å². The van der Waals surface area contributed by atoms with E-state index in [1.165, 1.54) is 0 Å². The standard InChI is InChI=1S/C35H47N5O6/c1-23(2)18-27-33(43)37-26-15-17-46-30(32(26)42)21-39(20-25-12-7-4-8-13-25)22-31(41)36-28(19-24-10-5-3-6-11-24)35(45)40-16-9-14-29(40)34(44)38-27/h3-8,10-13,23,26-30,32,42H,9,14-22H2,1-2H3,(H,36,41)(H,37,43)(H,38,44)/t26-,27+,28-,29+,30+,32-/m0/s1. The Morgan fingerprint density at radius 2 is 1.57 bits per heavy atom. The lowest BCUT2D eigenvalue weighted by molar-refractivity contribution is -0.142. The highest BCUT2D eigenvalue weighted by atomic mass is 16.5. The molecule has 46 heavy (non-hydrogen) atoms. The van der Waals surface area contributed by atoms with Crippen molar-refractivity contribution >= 4 is 23.6 Å². The van der Waals surface area contributed by atoms with E-state index in [9.17, 15) is 24.3 Å². The van der Waals surface area contributed by atoms with Crippen LogP contribution >= 0.6 is 0 Å². The molecular weight excluding hydrogens is 586 g/mol. The number of fused-ring (bicyclic) bond motifs is 3. The largest absolute Gasteiger partial charge is 0.388 e. The van der Waals surface area contributed by atoms with E-state index in [0.29, 0.717) is 45.4 Å². The van der Waals surface area contributed by atoms with Crippen molar-refractivity contribution in [3.8, 4) is 0 Å². The van der Waals surface area contributed by atoms with Crippen LogP contribution in [-0.4, -0.2) is 101 Å². The van der Waals surface area contributed by atoms with Crippen LogP contribution in [-0.2, 0) is 36.9 Å². The van der Waals surface area contributed by atoms with Gasteiger partial charge in [-0.15, -0.1) is 0 Å². The molecule has 11 nitrogen and oxygen atoms in total. The molecule has 248 valence electrons. The summed E-state index contributed by atoms with van der Waals surface area (Å²) < 4.78 is 5.99. The maximum Gasteiger partial charge on any atom is 0.246 e. The number of amides is 4. The number of aliphatic hydroxyl groups is 1. The normalized spacial score (nSPS) is 28.7. The smallest absolute Gasteiger partial charge is 0.246 e. The summed E-state index contributed by atoms with van der Waals surface area (Å²) in [6, 6.07) is 16.1. The number of rotatable bonds is 6. The Kier molecular flexibility index (Phi) is 11.4. The summed E-state index contributed by atoms with van der Waals surface area (Å²) in [5.74, 6) is -1.32. The van der Waals surface area contributed by atoms with Gasteiger partial charge in [-0.2, -0.15) is 0 Å². The van der Waals surface area contributed by atoms with Gasteiger partial charge in [0.1, 0.15) is 24.2 Å². The zero-order valence-electron chi connectivity index (χ0n) is 26.8. The molecule has 4 N–H and O–H groups in total. The van der Waals surface area contributed by atoms with Gasteiger partial charge in [-0.1, -0.05) is 74.5 Å². The molecule has 5 rings (SSSR count). The quantitative estimate of drug-likeness (QED) is 0.377. The molecular formula is C35H47N5O6. The van der Waals surface area contributed by atoms with Crippen molar-refractivity contribution in [3.63, 3.8) is 0 Å². The molecule has 3 fully saturated rings. The van der Waals surface area contributed by atoms with E-state index in [1.807, 2.05) is 79.4 Å². The Morgan fingerprint density at radius 3 is 2.26 bits per heavy atom. The number of hydrogen-bond acceptors (Lipinski definition) is 7. The van der Waals surface area contributed by atoms with E-state index >= 15 is 0 Å². The van der Waals surface area contributed by atoms with Crippen molar-refractivity contribution in [1.82, 2.24) is 25.8 Å². The molecule has 3 aliphatic rings. The van der Waals surface area contributed by atoms with Gasteiger partial charge in [-0.3, -0.25) is 24.1 Å². The highest BCUT2D eigenvalue weighted by molar-refractivity contribution is 5.95. The van der Waals surface area contributed by atoms with Crippen LogP contribution in [0, 0.1) is 5.92 Å². The van der Waals surface area contributed by atoms with Gasteiger partial charge in [0.25, 0.3) is 0 Å². The molecule has 3 heterocycles. The van der Waals surface area contributed by atoms with E-state index in [2.05, 4.69) is 16.0 Å². The third-order valence-corrected chi connectivity index (χ3v) is 9.03. The molecule has 0 saturated carbocycles. The molecule has 2 aromatic carbocycles. The van der Waals surface area contributed by atoms with Crippen LogP contribution in [0.5, 0.6) is 0 Å². The summed E-state index contributed by atoms with van der Waals surface area (Å²) in [4.78, 5) is 58.6. The third kappa shape index (κ3) is 8.71. The lowest BCUT2D eigenvalue weighted by Crippen LogP contribution is -2.60.